The number of nitrogens with zero attached hydrogens (tertiary/aromatic N) is 2. The van der Waals surface area contributed by atoms with Gasteiger partial charge in [-0.25, -0.2) is 8.42 Å². The first-order chi connectivity index (χ1) is 15.4. The van der Waals surface area contributed by atoms with Gasteiger partial charge in [-0.2, -0.15) is 18.3 Å². The molecule has 1 heterocycles. The van der Waals surface area contributed by atoms with Crippen LogP contribution in [0.5, 0.6) is 0 Å². The summed E-state index contributed by atoms with van der Waals surface area (Å²) in [6.45, 7) is -0.303. The maximum absolute atomic E-state index is 13.5. The summed E-state index contributed by atoms with van der Waals surface area (Å²) in [6, 6.07) is 13.0. The molecule has 0 aliphatic rings. The second-order valence-electron chi connectivity index (χ2n) is 7.10. The number of hydrogen-bond donors (Lipinski definition) is 1. The lowest BCUT2D eigenvalue weighted by Crippen LogP contribution is -2.21. The standard InChI is InChI=1S/C21H20BrF3N2O4S2/c1-32-12-31-17(28)11-27-19(18(22)20(26-27)21(23,24)25)14-8-6-13(7-9-14)15-4-3-5-16(10-15)33(2,29)30/h3-10,17,28H,11-12H2,1-2H3. The molecule has 1 unspecified atom stereocenters. The molecule has 0 saturated heterocycles. The van der Waals surface area contributed by atoms with Crippen molar-refractivity contribution in [2.45, 2.75) is 23.9 Å². The van der Waals surface area contributed by atoms with E-state index in [-0.39, 0.29) is 27.5 Å². The van der Waals surface area contributed by atoms with E-state index in [9.17, 15) is 26.7 Å². The number of halogens is 4. The van der Waals surface area contributed by atoms with Crippen molar-refractivity contribution in [2.75, 3.05) is 18.5 Å². The van der Waals surface area contributed by atoms with Crippen molar-refractivity contribution in [3.05, 3.63) is 58.7 Å². The normalized spacial score (nSPS) is 13.3. The molecule has 0 aliphatic carbocycles. The second kappa shape index (κ2) is 10.2. The van der Waals surface area contributed by atoms with Crippen LogP contribution in [0.2, 0.25) is 0 Å². The smallest absolute Gasteiger partial charge is 0.366 e. The SMILES string of the molecule is CSCOC(O)Cn1nc(C(F)(F)F)c(Br)c1-c1ccc(-c2cccc(S(C)(=O)=O)c2)cc1. The van der Waals surface area contributed by atoms with Crippen LogP contribution in [0.3, 0.4) is 0 Å². The number of rotatable bonds is 8. The zero-order valence-corrected chi connectivity index (χ0v) is 20.7. The monoisotopic (exact) mass is 564 g/mol. The fourth-order valence-corrected chi connectivity index (χ4v) is 4.80. The molecule has 2 aromatic carbocycles. The van der Waals surface area contributed by atoms with Crippen LogP contribution in [0.1, 0.15) is 5.69 Å². The van der Waals surface area contributed by atoms with Gasteiger partial charge in [0.15, 0.2) is 21.8 Å². The third-order valence-electron chi connectivity index (χ3n) is 4.62. The highest BCUT2D eigenvalue weighted by Crippen LogP contribution is 2.40. The first-order valence-corrected chi connectivity index (χ1v) is 13.5. The van der Waals surface area contributed by atoms with Crippen LogP contribution in [-0.4, -0.2) is 48.0 Å². The Morgan fingerprint density at radius 2 is 1.79 bits per heavy atom. The predicted molar refractivity (Wildman–Crippen MR) is 124 cm³/mol. The lowest BCUT2D eigenvalue weighted by Gasteiger charge is -2.14. The molecule has 0 radical (unpaired) electrons. The summed E-state index contributed by atoms with van der Waals surface area (Å²) < 4.78 is 70.0. The maximum Gasteiger partial charge on any atom is 0.436 e. The Hall–Kier alpha value is -1.86. The van der Waals surface area contributed by atoms with E-state index in [1.54, 1.807) is 42.7 Å². The molecule has 1 aromatic heterocycles. The lowest BCUT2D eigenvalue weighted by molar-refractivity contribution is -0.142. The van der Waals surface area contributed by atoms with Crippen molar-refractivity contribution in [1.82, 2.24) is 9.78 Å². The Balaban J connectivity index is 2.01. The van der Waals surface area contributed by atoms with Crippen molar-refractivity contribution in [1.29, 1.82) is 0 Å². The Labute approximate surface area is 201 Å². The molecule has 33 heavy (non-hydrogen) atoms. The molecule has 6 nitrogen and oxygen atoms in total. The van der Waals surface area contributed by atoms with E-state index in [0.29, 0.717) is 16.7 Å². The molecular weight excluding hydrogens is 545 g/mol. The minimum Gasteiger partial charge on any atom is -0.366 e. The molecule has 0 aliphatic heterocycles. The molecule has 1 atom stereocenters. The zero-order valence-electron chi connectivity index (χ0n) is 17.5. The number of aliphatic hydroxyl groups is 1. The first-order valence-electron chi connectivity index (χ1n) is 9.45. The van der Waals surface area contributed by atoms with Gasteiger partial charge in [-0.1, -0.05) is 36.4 Å². The minimum absolute atomic E-state index is 0.130. The third kappa shape index (κ3) is 6.18. The number of aliphatic hydroxyl groups excluding tert-OH is 1. The largest absolute Gasteiger partial charge is 0.436 e. The average molecular weight is 565 g/mol. The van der Waals surface area contributed by atoms with Gasteiger partial charge in [0.2, 0.25) is 0 Å². The highest BCUT2D eigenvalue weighted by molar-refractivity contribution is 9.10. The predicted octanol–water partition coefficient (Wildman–Crippen LogP) is 5.06. The van der Waals surface area contributed by atoms with Crippen LogP contribution < -0.4 is 0 Å². The Morgan fingerprint density at radius 3 is 2.36 bits per heavy atom. The summed E-state index contributed by atoms with van der Waals surface area (Å²) in [5.41, 5.74) is 0.773. The molecule has 0 saturated carbocycles. The summed E-state index contributed by atoms with van der Waals surface area (Å²) in [6.07, 6.45) is -3.17. The summed E-state index contributed by atoms with van der Waals surface area (Å²) in [5, 5.41) is 13.7. The van der Waals surface area contributed by atoms with E-state index >= 15 is 0 Å². The van der Waals surface area contributed by atoms with Crippen molar-refractivity contribution in [3.8, 4) is 22.4 Å². The van der Waals surface area contributed by atoms with Crippen molar-refractivity contribution in [3.63, 3.8) is 0 Å². The highest BCUT2D eigenvalue weighted by Gasteiger charge is 2.39. The van der Waals surface area contributed by atoms with E-state index in [1.807, 2.05) is 0 Å². The molecule has 0 spiro atoms. The number of thioether (sulfide) groups is 1. The van der Waals surface area contributed by atoms with E-state index in [0.717, 1.165) is 10.9 Å². The van der Waals surface area contributed by atoms with Crippen molar-refractivity contribution < 1.29 is 31.4 Å². The second-order valence-corrected chi connectivity index (χ2v) is 10.7. The van der Waals surface area contributed by atoms with Crippen LogP contribution >= 0.6 is 27.7 Å². The Morgan fingerprint density at radius 1 is 1.15 bits per heavy atom. The van der Waals surface area contributed by atoms with Crippen LogP contribution in [0.15, 0.2) is 57.9 Å². The number of benzene rings is 2. The van der Waals surface area contributed by atoms with Gasteiger partial charge in [0.1, 0.15) is 0 Å². The molecule has 3 rings (SSSR count). The average Bonchev–Trinajstić information content (AvgIpc) is 3.08. The molecule has 0 amide bonds. The highest BCUT2D eigenvalue weighted by atomic mass is 79.9. The number of hydrogen-bond acceptors (Lipinski definition) is 6. The summed E-state index contributed by atoms with van der Waals surface area (Å²) in [5.74, 6) is 0.173. The van der Waals surface area contributed by atoms with Gasteiger partial charge in [0, 0.05) is 11.8 Å². The van der Waals surface area contributed by atoms with Crippen molar-refractivity contribution in [2.24, 2.45) is 0 Å². The van der Waals surface area contributed by atoms with Gasteiger partial charge in [-0.3, -0.25) is 4.68 Å². The van der Waals surface area contributed by atoms with Crippen LogP contribution in [0.4, 0.5) is 13.2 Å². The number of alkyl halides is 3. The Kier molecular flexibility index (Phi) is 7.95. The van der Waals surface area contributed by atoms with Gasteiger partial charge in [0.25, 0.3) is 0 Å². The summed E-state index contributed by atoms with van der Waals surface area (Å²) >= 11 is 4.33. The van der Waals surface area contributed by atoms with E-state index < -0.39 is 28.0 Å². The number of aromatic nitrogens is 2. The summed E-state index contributed by atoms with van der Waals surface area (Å²) in [7, 11) is -3.39. The van der Waals surface area contributed by atoms with E-state index in [2.05, 4.69) is 21.0 Å². The minimum atomic E-state index is -4.70. The molecular formula is C21H20BrF3N2O4S2. The van der Waals surface area contributed by atoms with Gasteiger partial charge in [0.05, 0.1) is 27.5 Å². The number of sulfone groups is 1. The van der Waals surface area contributed by atoms with Crippen LogP contribution in [-0.2, 0) is 27.3 Å². The molecule has 0 bridgehead atoms. The van der Waals surface area contributed by atoms with Gasteiger partial charge < -0.3 is 9.84 Å². The lowest BCUT2D eigenvalue weighted by atomic mass is 10.0. The topological polar surface area (TPSA) is 81.4 Å². The maximum atomic E-state index is 13.5. The quantitative estimate of drug-likeness (QED) is 0.385. The third-order valence-corrected chi connectivity index (χ3v) is 6.86. The van der Waals surface area contributed by atoms with Gasteiger partial charge >= 0.3 is 6.18 Å². The fraction of sp³-hybridized carbons (Fsp3) is 0.286. The van der Waals surface area contributed by atoms with E-state index in [4.69, 9.17) is 4.74 Å². The van der Waals surface area contributed by atoms with Gasteiger partial charge in [-0.15, -0.1) is 11.8 Å². The fourth-order valence-electron chi connectivity index (χ4n) is 3.10. The number of ether oxygens (including phenoxy) is 1. The van der Waals surface area contributed by atoms with Crippen molar-refractivity contribution >= 4 is 37.5 Å². The molecule has 178 valence electrons. The molecule has 3 aromatic rings. The van der Waals surface area contributed by atoms with Gasteiger partial charge in [-0.05, 0) is 45.4 Å². The van der Waals surface area contributed by atoms with Crippen LogP contribution in [0.25, 0.3) is 22.4 Å². The summed E-state index contributed by atoms with van der Waals surface area (Å²) in [4.78, 5) is 0.166. The first kappa shape index (κ1) is 25.8. The Bertz CT molecular complexity index is 1230. The molecule has 1 N–H and O–H groups in total. The van der Waals surface area contributed by atoms with Crippen LogP contribution in [0, 0.1) is 0 Å². The molecule has 12 heteroatoms. The zero-order chi connectivity index (χ0) is 24.4. The molecule has 0 fully saturated rings. The van der Waals surface area contributed by atoms with E-state index in [1.165, 1.54) is 23.9 Å².